The van der Waals surface area contributed by atoms with Crippen molar-refractivity contribution in [3.8, 4) is 0 Å². The Kier molecular flexibility index (Phi) is 9.50. The molecule has 0 fully saturated rings. The van der Waals surface area contributed by atoms with Gasteiger partial charge >= 0.3 is 0 Å². The van der Waals surface area contributed by atoms with Crippen molar-refractivity contribution >= 4 is 27.5 Å². The largest absolute Gasteiger partial charge is 0.350 e. The highest BCUT2D eigenvalue weighted by molar-refractivity contribution is 7.92. The number of halogens is 1. The smallest absolute Gasteiger partial charge is 0.244 e. The van der Waals surface area contributed by atoms with E-state index in [1.807, 2.05) is 82.3 Å². The van der Waals surface area contributed by atoms with Crippen molar-refractivity contribution in [3.05, 3.63) is 101 Å². The van der Waals surface area contributed by atoms with Crippen LogP contribution in [0.15, 0.2) is 78.9 Å². The molecule has 39 heavy (non-hydrogen) atoms. The van der Waals surface area contributed by atoms with Gasteiger partial charge in [0.1, 0.15) is 18.4 Å². The van der Waals surface area contributed by atoms with Gasteiger partial charge in [-0.25, -0.2) is 12.8 Å². The monoisotopic (exact) mass is 553 g/mol. The molecule has 0 radical (unpaired) electrons. The number of aryl methyl sites for hydroxylation is 1. The lowest BCUT2D eigenvalue weighted by atomic mass is 10.00. The first-order valence-electron chi connectivity index (χ1n) is 12.7. The third-order valence-corrected chi connectivity index (χ3v) is 7.29. The van der Waals surface area contributed by atoms with Crippen molar-refractivity contribution in [3.63, 3.8) is 0 Å². The van der Waals surface area contributed by atoms with Crippen LogP contribution in [0, 0.1) is 12.7 Å². The molecule has 0 spiro atoms. The highest BCUT2D eigenvalue weighted by Crippen LogP contribution is 2.22. The topological polar surface area (TPSA) is 86.8 Å². The minimum Gasteiger partial charge on any atom is -0.350 e. The molecule has 208 valence electrons. The molecule has 0 aliphatic carbocycles. The molecule has 0 bridgehead atoms. The van der Waals surface area contributed by atoms with E-state index in [4.69, 9.17) is 0 Å². The van der Waals surface area contributed by atoms with E-state index in [1.54, 1.807) is 0 Å². The standard InChI is InChI=1S/C30H36FN3O4S/c1-22-12-9-10-15-24(22)20-33(27(29(36)32-30(2,3)4)18-23-13-7-6-8-14-23)28(35)21-34(39(5,37)38)26-17-11-16-25(31)19-26/h6-17,19,27H,18,20-21H2,1-5H3,(H,32,36)/t27-/m1/s1. The average molecular weight is 554 g/mol. The maximum Gasteiger partial charge on any atom is 0.244 e. The number of carbonyl (C=O) groups excluding carboxylic acids is 2. The first kappa shape index (κ1) is 29.8. The van der Waals surface area contributed by atoms with Crippen molar-refractivity contribution in [1.82, 2.24) is 10.2 Å². The van der Waals surface area contributed by atoms with Gasteiger partial charge in [-0.05, 0) is 62.6 Å². The van der Waals surface area contributed by atoms with E-state index in [0.29, 0.717) is 0 Å². The van der Waals surface area contributed by atoms with Crippen LogP contribution in [0.5, 0.6) is 0 Å². The number of nitrogens with one attached hydrogen (secondary N) is 1. The van der Waals surface area contributed by atoms with Crippen molar-refractivity contribution in [2.24, 2.45) is 0 Å². The van der Waals surface area contributed by atoms with Crippen molar-refractivity contribution in [2.45, 2.75) is 52.2 Å². The van der Waals surface area contributed by atoms with Gasteiger partial charge in [0, 0.05) is 18.5 Å². The maximum atomic E-state index is 14.0. The Labute approximate surface area is 230 Å². The van der Waals surface area contributed by atoms with Crippen LogP contribution in [0.3, 0.4) is 0 Å². The van der Waals surface area contributed by atoms with Gasteiger partial charge in [0.25, 0.3) is 0 Å². The Bertz CT molecular complexity index is 1400. The molecule has 0 aromatic heterocycles. The maximum absolute atomic E-state index is 14.0. The average Bonchev–Trinajstić information content (AvgIpc) is 2.84. The second-order valence-corrected chi connectivity index (χ2v) is 12.5. The van der Waals surface area contributed by atoms with Crippen molar-refractivity contribution in [1.29, 1.82) is 0 Å². The summed E-state index contributed by atoms with van der Waals surface area (Å²) in [5.41, 5.74) is 2.06. The van der Waals surface area contributed by atoms with Gasteiger partial charge in [-0.2, -0.15) is 0 Å². The van der Waals surface area contributed by atoms with Gasteiger partial charge in [0.05, 0.1) is 11.9 Å². The summed E-state index contributed by atoms with van der Waals surface area (Å²) < 4.78 is 40.4. The third kappa shape index (κ3) is 8.64. The van der Waals surface area contributed by atoms with Gasteiger partial charge in [-0.3, -0.25) is 13.9 Å². The van der Waals surface area contributed by atoms with Gasteiger partial charge in [0.2, 0.25) is 21.8 Å². The van der Waals surface area contributed by atoms with Crippen LogP contribution in [-0.2, 0) is 32.6 Å². The summed E-state index contributed by atoms with van der Waals surface area (Å²) in [6, 6.07) is 21.0. The van der Waals surface area contributed by atoms with Gasteiger partial charge in [-0.1, -0.05) is 60.7 Å². The van der Waals surface area contributed by atoms with E-state index >= 15 is 0 Å². The quantitative estimate of drug-likeness (QED) is 0.402. The molecular weight excluding hydrogens is 517 g/mol. The van der Waals surface area contributed by atoms with Crippen LogP contribution in [0.25, 0.3) is 0 Å². The fraction of sp³-hybridized carbons (Fsp3) is 0.333. The molecule has 7 nitrogen and oxygen atoms in total. The molecule has 0 aliphatic rings. The molecule has 3 aromatic rings. The van der Waals surface area contributed by atoms with Crippen LogP contribution < -0.4 is 9.62 Å². The van der Waals surface area contributed by atoms with Crippen LogP contribution in [-0.4, -0.2) is 49.5 Å². The fourth-order valence-corrected chi connectivity index (χ4v) is 5.06. The summed E-state index contributed by atoms with van der Waals surface area (Å²) in [5.74, 6) is -1.57. The Morgan fingerprint density at radius 2 is 1.59 bits per heavy atom. The Morgan fingerprint density at radius 1 is 0.949 bits per heavy atom. The minimum absolute atomic E-state index is 0.0282. The molecule has 9 heteroatoms. The molecule has 1 atom stereocenters. The summed E-state index contributed by atoms with van der Waals surface area (Å²) >= 11 is 0. The number of anilines is 1. The molecule has 2 amide bonds. The number of rotatable bonds is 10. The minimum atomic E-state index is -3.96. The van der Waals surface area contributed by atoms with Crippen LogP contribution in [0.1, 0.15) is 37.5 Å². The lowest BCUT2D eigenvalue weighted by molar-refractivity contribution is -0.140. The molecule has 0 aliphatic heterocycles. The predicted molar refractivity (Wildman–Crippen MR) is 152 cm³/mol. The van der Waals surface area contributed by atoms with Crippen LogP contribution in [0.4, 0.5) is 10.1 Å². The summed E-state index contributed by atoms with van der Waals surface area (Å²) in [6.45, 7) is 6.96. The summed E-state index contributed by atoms with van der Waals surface area (Å²) in [4.78, 5) is 29.1. The molecule has 0 unspecified atom stereocenters. The predicted octanol–water partition coefficient (Wildman–Crippen LogP) is 4.45. The van der Waals surface area contributed by atoms with E-state index in [9.17, 15) is 22.4 Å². The number of amides is 2. The molecular formula is C30H36FN3O4S. The lowest BCUT2D eigenvalue weighted by Crippen LogP contribution is -2.56. The van der Waals surface area contributed by atoms with Crippen molar-refractivity contribution in [2.75, 3.05) is 17.1 Å². The second kappa shape index (κ2) is 12.4. The Hall–Kier alpha value is -3.72. The molecule has 3 aromatic carbocycles. The number of nitrogens with zero attached hydrogens (tertiary/aromatic N) is 2. The Morgan fingerprint density at radius 3 is 2.18 bits per heavy atom. The zero-order valence-corrected chi connectivity index (χ0v) is 23.8. The van der Waals surface area contributed by atoms with E-state index in [0.717, 1.165) is 33.3 Å². The molecule has 0 saturated carbocycles. The number of benzene rings is 3. The summed E-state index contributed by atoms with van der Waals surface area (Å²) in [7, 11) is -3.96. The summed E-state index contributed by atoms with van der Waals surface area (Å²) in [5, 5.41) is 2.98. The Balaban J connectivity index is 2.09. The number of sulfonamides is 1. The first-order chi connectivity index (χ1) is 18.2. The highest BCUT2D eigenvalue weighted by Gasteiger charge is 2.34. The van der Waals surface area contributed by atoms with Gasteiger partial charge in [0.15, 0.2) is 0 Å². The molecule has 0 heterocycles. The first-order valence-corrected chi connectivity index (χ1v) is 14.5. The van der Waals surface area contributed by atoms with E-state index in [1.165, 1.54) is 23.1 Å². The van der Waals surface area contributed by atoms with E-state index < -0.39 is 39.9 Å². The SMILES string of the molecule is Cc1ccccc1CN(C(=O)CN(c1cccc(F)c1)S(C)(=O)=O)[C@H](Cc1ccccc1)C(=O)NC(C)(C)C. The number of carbonyl (C=O) groups is 2. The van der Waals surface area contributed by atoms with Gasteiger partial charge < -0.3 is 10.2 Å². The molecule has 3 rings (SSSR count). The number of hydrogen-bond acceptors (Lipinski definition) is 4. The normalized spacial score (nSPS) is 12.5. The third-order valence-electron chi connectivity index (χ3n) is 6.15. The fourth-order valence-electron chi connectivity index (χ4n) is 4.22. The van der Waals surface area contributed by atoms with Crippen LogP contribution in [0.2, 0.25) is 0 Å². The summed E-state index contributed by atoms with van der Waals surface area (Å²) in [6.07, 6.45) is 1.18. The second-order valence-electron chi connectivity index (χ2n) is 10.6. The zero-order chi connectivity index (χ0) is 28.8. The number of hydrogen-bond donors (Lipinski definition) is 1. The van der Waals surface area contributed by atoms with Crippen LogP contribution >= 0.6 is 0 Å². The van der Waals surface area contributed by atoms with E-state index in [2.05, 4.69) is 5.32 Å². The highest BCUT2D eigenvalue weighted by atomic mass is 32.2. The van der Waals surface area contributed by atoms with Crippen molar-refractivity contribution < 1.29 is 22.4 Å². The molecule has 1 N–H and O–H groups in total. The zero-order valence-electron chi connectivity index (χ0n) is 23.0. The van der Waals surface area contributed by atoms with Gasteiger partial charge in [-0.15, -0.1) is 0 Å². The lowest BCUT2D eigenvalue weighted by Gasteiger charge is -2.35. The molecule has 0 saturated heterocycles. The van der Waals surface area contributed by atoms with E-state index in [-0.39, 0.29) is 24.6 Å².